The van der Waals surface area contributed by atoms with Crippen LogP contribution in [-0.2, 0) is 7.05 Å². The minimum atomic E-state index is 0.295. The van der Waals surface area contributed by atoms with Crippen LogP contribution in [0.15, 0.2) is 17.3 Å². The molecule has 1 aromatic rings. The summed E-state index contributed by atoms with van der Waals surface area (Å²) in [5, 5.41) is 4.18. The van der Waals surface area contributed by atoms with E-state index in [9.17, 15) is 0 Å². The maximum absolute atomic E-state index is 5.88. The van der Waals surface area contributed by atoms with Crippen molar-refractivity contribution in [1.82, 2.24) is 9.78 Å². The van der Waals surface area contributed by atoms with Crippen LogP contribution in [-0.4, -0.2) is 21.1 Å². The number of aryl methyl sites for hydroxylation is 1. The normalized spacial score (nSPS) is 20.1. The zero-order chi connectivity index (χ0) is 10.0. The lowest BCUT2D eigenvalue weighted by Crippen LogP contribution is -2.30. The molecule has 0 amide bonds. The maximum atomic E-state index is 5.88. The largest absolute Gasteiger partial charge is 0.329 e. The molecule has 0 saturated heterocycles. The number of nitrogens with zero attached hydrogens (tertiary/aromatic N) is 2. The van der Waals surface area contributed by atoms with E-state index < -0.39 is 0 Å². The monoisotopic (exact) mass is 211 g/mol. The first-order valence-electron chi connectivity index (χ1n) is 5.12. The molecule has 1 aromatic heterocycles. The van der Waals surface area contributed by atoms with Crippen LogP contribution in [0.3, 0.4) is 0 Å². The highest BCUT2D eigenvalue weighted by Gasteiger charge is 2.33. The zero-order valence-electron chi connectivity index (χ0n) is 8.57. The van der Waals surface area contributed by atoms with E-state index >= 15 is 0 Å². The van der Waals surface area contributed by atoms with Crippen molar-refractivity contribution >= 4 is 11.8 Å². The van der Waals surface area contributed by atoms with Crippen LogP contribution in [0.25, 0.3) is 0 Å². The highest BCUT2D eigenvalue weighted by Crippen LogP contribution is 2.44. The molecule has 0 aliphatic heterocycles. The first kappa shape index (κ1) is 10.1. The van der Waals surface area contributed by atoms with Gasteiger partial charge in [0.25, 0.3) is 0 Å². The molecule has 1 aliphatic carbocycles. The third kappa shape index (κ3) is 1.96. The summed E-state index contributed by atoms with van der Waals surface area (Å²) in [5.74, 6) is 0. The van der Waals surface area contributed by atoms with Crippen molar-refractivity contribution in [3.05, 3.63) is 12.4 Å². The Morgan fingerprint density at radius 3 is 2.79 bits per heavy atom. The van der Waals surface area contributed by atoms with Crippen molar-refractivity contribution in [2.24, 2.45) is 12.8 Å². The van der Waals surface area contributed by atoms with Gasteiger partial charge in [0.05, 0.1) is 6.20 Å². The molecule has 4 heteroatoms. The Morgan fingerprint density at radius 2 is 2.29 bits per heavy atom. The molecule has 0 unspecified atom stereocenters. The predicted molar refractivity (Wildman–Crippen MR) is 59.3 cm³/mol. The second-order valence-corrected chi connectivity index (χ2v) is 5.59. The average molecular weight is 211 g/mol. The Kier molecular flexibility index (Phi) is 2.83. The second kappa shape index (κ2) is 3.95. The van der Waals surface area contributed by atoms with E-state index in [2.05, 4.69) is 11.3 Å². The van der Waals surface area contributed by atoms with Gasteiger partial charge >= 0.3 is 0 Å². The minimum absolute atomic E-state index is 0.295. The summed E-state index contributed by atoms with van der Waals surface area (Å²) in [6.07, 6.45) is 9.15. The van der Waals surface area contributed by atoms with Gasteiger partial charge in [-0.2, -0.15) is 5.10 Å². The van der Waals surface area contributed by atoms with E-state index in [1.165, 1.54) is 30.6 Å². The lowest BCUT2D eigenvalue weighted by atomic mass is 10.1. The first-order chi connectivity index (χ1) is 6.74. The lowest BCUT2D eigenvalue weighted by molar-refractivity contribution is 0.619. The predicted octanol–water partition coefficient (Wildman–Crippen LogP) is 1.78. The molecule has 0 bridgehead atoms. The second-order valence-electron chi connectivity index (χ2n) is 4.05. The number of nitrogens with two attached hydrogens (primary N) is 1. The fraction of sp³-hybridized carbons (Fsp3) is 0.700. The Morgan fingerprint density at radius 1 is 1.57 bits per heavy atom. The van der Waals surface area contributed by atoms with Crippen LogP contribution in [0, 0.1) is 0 Å². The Bertz CT molecular complexity index is 302. The molecule has 0 atom stereocenters. The fourth-order valence-electron chi connectivity index (χ4n) is 2.07. The first-order valence-corrected chi connectivity index (χ1v) is 5.93. The summed E-state index contributed by atoms with van der Waals surface area (Å²) < 4.78 is 2.14. The van der Waals surface area contributed by atoms with Crippen molar-refractivity contribution in [1.29, 1.82) is 0 Å². The van der Waals surface area contributed by atoms with Gasteiger partial charge in [-0.15, -0.1) is 11.8 Å². The average Bonchev–Trinajstić information content (AvgIpc) is 2.77. The van der Waals surface area contributed by atoms with Gasteiger partial charge in [-0.25, -0.2) is 0 Å². The molecule has 1 heterocycles. The molecule has 1 saturated carbocycles. The SMILES string of the molecule is Cn1cc(SC2(CN)CCCC2)cn1. The van der Waals surface area contributed by atoms with E-state index in [4.69, 9.17) is 5.73 Å². The summed E-state index contributed by atoms with van der Waals surface area (Å²) in [6, 6.07) is 0. The Hall–Kier alpha value is -0.480. The molecule has 3 nitrogen and oxygen atoms in total. The molecular weight excluding hydrogens is 194 g/mol. The quantitative estimate of drug-likeness (QED) is 0.829. The molecule has 1 fully saturated rings. The maximum Gasteiger partial charge on any atom is 0.0626 e. The summed E-state index contributed by atoms with van der Waals surface area (Å²) >= 11 is 1.91. The molecule has 14 heavy (non-hydrogen) atoms. The highest BCUT2D eigenvalue weighted by molar-refractivity contribution is 8.00. The van der Waals surface area contributed by atoms with Gasteiger partial charge in [-0.05, 0) is 12.8 Å². The van der Waals surface area contributed by atoms with Gasteiger partial charge in [0.2, 0.25) is 0 Å². The zero-order valence-corrected chi connectivity index (χ0v) is 9.39. The van der Waals surface area contributed by atoms with Crippen LogP contribution in [0.5, 0.6) is 0 Å². The van der Waals surface area contributed by atoms with Gasteiger partial charge in [0.15, 0.2) is 0 Å². The van der Waals surface area contributed by atoms with Gasteiger partial charge in [-0.3, -0.25) is 4.68 Å². The Labute approximate surface area is 89.1 Å². The molecule has 0 aromatic carbocycles. The summed E-state index contributed by atoms with van der Waals surface area (Å²) in [4.78, 5) is 1.25. The van der Waals surface area contributed by atoms with Crippen molar-refractivity contribution in [2.45, 2.75) is 35.3 Å². The standard InChI is InChI=1S/C10H17N3S/c1-13-7-9(6-12-13)14-10(8-11)4-2-3-5-10/h6-7H,2-5,8,11H2,1H3. The Balaban J connectivity index is 2.08. The lowest BCUT2D eigenvalue weighted by Gasteiger charge is -2.25. The van der Waals surface area contributed by atoms with Crippen molar-refractivity contribution < 1.29 is 0 Å². The van der Waals surface area contributed by atoms with Crippen molar-refractivity contribution in [3.63, 3.8) is 0 Å². The summed E-state index contributed by atoms with van der Waals surface area (Å²) in [5.41, 5.74) is 5.88. The van der Waals surface area contributed by atoms with E-state index in [0.717, 1.165) is 6.54 Å². The van der Waals surface area contributed by atoms with Crippen LogP contribution in [0.2, 0.25) is 0 Å². The van der Waals surface area contributed by atoms with Crippen molar-refractivity contribution in [3.8, 4) is 0 Å². The molecule has 2 rings (SSSR count). The molecule has 0 spiro atoms. The fourth-order valence-corrected chi connectivity index (χ4v) is 3.45. The highest BCUT2D eigenvalue weighted by atomic mass is 32.2. The number of thioether (sulfide) groups is 1. The summed E-state index contributed by atoms with van der Waals surface area (Å²) in [7, 11) is 1.95. The topological polar surface area (TPSA) is 43.8 Å². The van der Waals surface area contributed by atoms with Gasteiger partial charge in [0, 0.05) is 29.4 Å². The van der Waals surface area contributed by atoms with Crippen LogP contribution in [0.4, 0.5) is 0 Å². The van der Waals surface area contributed by atoms with E-state index in [1.54, 1.807) is 0 Å². The van der Waals surface area contributed by atoms with Crippen LogP contribution < -0.4 is 5.73 Å². The van der Waals surface area contributed by atoms with E-state index in [-0.39, 0.29) is 0 Å². The van der Waals surface area contributed by atoms with Crippen molar-refractivity contribution in [2.75, 3.05) is 6.54 Å². The van der Waals surface area contributed by atoms with E-state index in [0.29, 0.717) is 4.75 Å². The number of hydrogen-bond donors (Lipinski definition) is 1. The van der Waals surface area contributed by atoms with E-state index in [1.807, 2.05) is 29.7 Å². The summed E-state index contributed by atoms with van der Waals surface area (Å²) in [6.45, 7) is 0.784. The van der Waals surface area contributed by atoms with Gasteiger partial charge in [0.1, 0.15) is 0 Å². The molecular formula is C10H17N3S. The van der Waals surface area contributed by atoms with Gasteiger partial charge in [-0.1, -0.05) is 12.8 Å². The molecule has 78 valence electrons. The number of aromatic nitrogens is 2. The van der Waals surface area contributed by atoms with Crippen LogP contribution in [0.1, 0.15) is 25.7 Å². The third-order valence-corrected chi connectivity index (χ3v) is 4.36. The molecule has 1 aliphatic rings. The van der Waals surface area contributed by atoms with Crippen LogP contribution >= 0.6 is 11.8 Å². The molecule has 0 radical (unpaired) electrons. The molecule has 2 N–H and O–H groups in total. The number of rotatable bonds is 3. The minimum Gasteiger partial charge on any atom is -0.329 e. The third-order valence-electron chi connectivity index (χ3n) is 2.90. The van der Waals surface area contributed by atoms with Gasteiger partial charge < -0.3 is 5.73 Å². The number of hydrogen-bond acceptors (Lipinski definition) is 3. The smallest absolute Gasteiger partial charge is 0.0626 e.